The third-order valence-electron chi connectivity index (χ3n) is 2.04. The van der Waals surface area contributed by atoms with Gasteiger partial charge in [-0.25, -0.2) is 0 Å². The van der Waals surface area contributed by atoms with Gasteiger partial charge in [0.2, 0.25) is 0 Å². The molecule has 2 heterocycles. The summed E-state index contributed by atoms with van der Waals surface area (Å²) in [6.45, 7) is 1.33. The molecule has 0 aliphatic carbocycles. The average Bonchev–Trinajstić information content (AvgIpc) is 2.85. The fourth-order valence-corrected chi connectivity index (χ4v) is 1.80. The van der Waals surface area contributed by atoms with Crippen LogP contribution in [0.2, 0.25) is 0 Å². The van der Waals surface area contributed by atoms with E-state index in [1.807, 2.05) is 0 Å². The number of hydrogen-bond donors (Lipinski definition) is 1. The molecule has 0 bridgehead atoms. The van der Waals surface area contributed by atoms with Crippen LogP contribution in [0.3, 0.4) is 0 Å². The molecule has 1 N–H and O–H groups in total. The van der Waals surface area contributed by atoms with Gasteiger partial charge >= 0.3 is 5.97 Å². The van der Waals surface area contributed by atoms with E-state index in [1.165, 1.54) is 0 Å². The van der Waals surface area contributed by atoms with Crippen molar-refractivity contribution in [2.45, 2.75) is 17.6 Å². The predicted octanol–water partition coefficient (Wildman–Crippen LogP) is 0.750. The van der Waals surface area contributed by atoms with Crippen molar-refractivity contribution in [3.63, 3.8) is 0 Å². The van der Waals surface area contributed by atoms with Gasteiger partial charge in [-0.3, -0.25) is 4.79 Å². The Kier molecular flexibility index (Phi) is 3.22. The molecule has 7 heteroatoms. The zero-order chi connectivity index (χ0) is 10.7. The second-order valence-corrected chi connectivity index (χ2v) is 4.09. The molecule has 0 amide bonds. The maximum absolute atomic E-state index is 10.3. The van der Waals surface area contributed by atoms with Crippen molar-refractivity contribution < 1.29 is 19.2 Å². The Hall–Kier alpha value is -1.08. The molecule has 1 aliphatic rings. The highest BCUT2D eigenvalue weighted by Crippen LogP contribution is 2.24. The zero-order valence-electron chi connectivity index (χ0n) is 7.88. The van der Waals surface area contributed by atoms with Crippen molar-refractivity contribution in [3.8, 4) is 0 Å². The molecule has 1 aliphatic heterocycles. The topological polar surface area (TPSA) is 85.5 Å². The fraction of sp³-hybridized carbons (Fsp3) is 0.625. The first-order valence-electron chi connectivity index (χ1n) is 4.51. The Bertz CT molecular complexity index is 348. The third kappa shape index (κ3) is 2.69. The molecular formula is C8H10N2O4S. The monoisotopic (exact) mass is 230 g/mol. The fourth-order valence-electron chi connectivity index (χ4n) is 1.31. The Balaban J connectivity index is 1.94. The minimum absolute atomic E-state index is 0.0667. The first-order valence-corrected chi connectivity index (χ1v) is 5.50. The summed E-state index contributed by atoms with van der Waals surface area (Å²) < 4.78 is 10.1. The second-order valence-electron chi connectivity index (χ2n) is 3.16. The number of aromatic nitrogens is 2. The summed E-state index contributed by atoms with van der Waals surface area (Å²) in [6.07, 6.45) is 0.891. The maximum Gasteiger partial charge on any atom is 0.314 e. The summed E-state index contributed by atoms with van der Waals surface area (Å²) in [6, 6.07) is 0. The second kappa shape index (κ2) is 4.63. The third-order valence-corrected chi connectivity index (χ3v) is 2.84. The number of carboxylic acids is 1. The molecule has 0 aromatic carbocycles. The van der Waals surface area contributed by atoms with Gasteiger partial charge in [0.1, 0.15) is 5.75 Å². The van der Waals surface area contributed by atoms with Gasteiger partial charge in [0.05, 0.1) is 6.61 Å². The number of carboxylic acid groups (broad SMARTS) is 1. The minimum Gasteiger partial charge on any atom is -0.481 e. The number of thioether (sulfide) groups is 1. The van der Waals surface area contributed by atoms with E-state index in [-0.39, 0.29) is 11.7 Å². The van der Waals surface area contributed by atoms with Crippen LogP contribution in [0.25, 0.3) is 0 Å². The van der Waals surface area contributed by atoms with Crippen LogP contribution in [-0.2, 0) is 9.53 Å². The molecule has 82 valence electrons. The molecule has 0 spiro atoms. The average molecular weight is 230 g/mol. The summed E-state index contributed by atoms with van der Waals surface area (Å²) in [5.74, 6) is -0.166. The summed E-state index contributed by atoms with van der Waals surface area (Å²) in [5.41, 5.74) is 0. The largest absolute Gasteiger partial charge is 0.481 e. The number of carbonyl (C=O) groups is 1. The van der Waals surface area contributed by atoms with Gasteiger partial charge < -0.3 is 14.4 Å². The van der Waals surface area contributed by atoms with E-state index in [2.05, 4.69) is 10.1 Å². The summed E-state index contributed by atoms with van der Waals surface area (Å²) in [7, 11) is 0. The quantitative estimate of drug-likeness (QED) is 0.764. The van der Waals surface area contributed by atoms with Crippen LogP contribution < -0.4 is 0 Å². The molecule has 1 unspecified atom stereocenters. The van der Waals surface area contributed by atoms with Crippen LogP contribution in [0, 0.1) is 0 Å². The molecule has 1 fully saturated rings. The highest BCUT2D eigenvalue weighted by atomic mass is 32.2. The molecule has 15 heavy (non-hydrogen) atoms. The van der Waals surface area contributed by atoms with Gasteiger partial charge in [0.15, 0.2) is 5.82 Å². The zero-order valence-corrected chi connectivity index (χ0v) is 8.70. The van der Waals surface area contributed by atoms with E-state index in [0.717, 1.165) is 24.8 Å². The first-order chi connectivity index (χ1) is 7.25. The number of ether oxygens (including phenoxy) is 1. The standard InChI is InChI=1S/C8H10N2O4S/c11-6(12)4-15-8-9-7(10-14-8)5-1-2-13-3-5/h5H,1-4H2,(H,11,12). The van der Waals surface area contributed by atoms with Crippen molar-refractivity contribution in [1.29, 1.82) is 0 Å². The summed E-state index contributed by atoms with van der Waals surface area (Å²) in [4.78, 5) is 14.4. The van der Waals surface area contributed by atoms with Crippen LogP contribution in [0.1, 0.15) is 18.2 Å². The number of rotatable bonds is 4. The lowest BCUT2D eigenvalue weighted by molar-refractivity contribution is -0.133. The van der Waals surface area contributed by atoms with E-state index in [0.29, 0.717) is 17.7 Å². The van der Waals surface area contributed by atoms with Gasteiger partial charge in [-0.2, -0.15) is 4.98 Å². The van der Waals surface area contributed by atoms with Crippen LogP contribution in [-0.4, -0.2) is 40.2 Å². The summed E-state index contributed by atoms with van der Waals surface area (Å²) in [5, 5.41) is 12.6. The van der Waals surface area contributed by atoms with Crippen LogP contribution in [0.15, 0.2) is 9.75 Å². The molecule has 1 aromatic heterocycles. The van der Waals surface area contributed by atoms with Crippen molar-refractivity contribution in [3.05, 3.63) is 5.82 Å². The van der Waals surface area contributed by atoms with Crippen molar-refractivity contribution in [1.82, 2.24) is 10.1 Å². The highest BCUT2D eigenvalue weighted by molar-refractivity contribution is 7.99. The van der Waals surface area contributed by atoms with Gasteiger partial charge in [-0.05, 0) is 6.42 Å². The maximum atomic E-state index is 10.3. The Labute approximate surface area is 90.0 Å². The molecular weight excluding hydrogens is 220 g/mol. The summed E-state index contributed by atoms with van der Waals surface area (Å²) >= 11 is 1.03. The normalized spacial score (nSPS) is 20.7. The van der Waals surface area contributed by atoms with Crippen molar-refractivity contribution >= 4 is 17.7 Å². The van der Waals surface area contributed by atoms with Crippen LogP contribution in [0.5, 0.6) is 0 Å². The van der Waals surface area contributed by atoms with Crippen molar-refractivity contribution in [2.24, 2.45) is 0 Å². The molecule has 6 nitrogen and oxygen atoms in total. The van der Waals surface area contributed by atoms with Crippen LogP contribution in [0.4, 0.5) is 0 Å². The van der Waals surface area contributed by atoms with E-state index in [1.54, 1.807) is 0 Å². The smallest absolute Gasteiger partial charge is 0.314 e. The SMILES string of the molecule is O=C(O)CSc1nc(C2CCOC2)no1. The number of hydrogen-bond acceptors (Lipinski definition) is 6. The van der Waals surface area contributed by atoms with Gasteiger partial charge in [0.25, 0.3) is 5.22 Å². The van der Waals surface area contributed by atoms with Gasteiger partial charge in [-0.1, -0.05) is 16.9 Å². The Morgan fingerprint density at radius 1 is 1.67 bits per heavy atom. The molecule has 1 atom stereocenters. The molecule has 2 rings (SSSR count). The Morgan fingerprint density at radius 3 is 3.20 bits per heavy atom. The van der Waals surface area contributed by atoms with Crippen molar-refractivity contribution in [2.75, 3.05) is 19.0 Å². The van der Waals surface area contributed by atoms with E-state index >= 15 is 0 Å². The van der Waals surface area contributed by atoms with E-state index in [9.17, 15) is 4.79 Å². The molecule has 0 saturated carbocycles. The molecule has 1 aromatic rings. The number of aliphatic carboxylic acids is 1. The lowest BCUT2D eigenvalue weighted by Gasteiger charge is -1.97. The van der Waals surface area contributed by atoms with E-state index < -0.39 is 5.97 Å². The lowest BCUT2D eigenvalue weighted by Crippen LogP contribution is -2.00. The minimum atomic E-state index is -0.899. The first kappa shape index (κ1) is 10.4. The van der Waals surface area contributed by atoms with Crippen LogP contribution >= 0.6 is 11.8 Å². The highest BCUT2D eigenvalue weighted by Gasteiger charge is 2.23. The van der Waals surface area contributed by atoms with Gasteiger partial charge in [0, 0.05) is 12.5 Å². The number of nitrogens with zero attached hydrogens (tertiary/aromatic N) is 2. The van der Waals surface area contributed by atoms with Gasteiger partial charge in [-0.15, -0.1) is 0 Å². The predicted molar refractivity (Wildman–Crippen MR) is 50.8 cm³/mol. The Morgan fingerprint density at radius 2 is 2.53 bits per heavy atom. The molecule has 1 saturated heterocycles. The van der Waals surface area contributed by atoms with E-state index in [4.69, 9.17) is 14.4 Å². The lowest BCUT2D eigenvalue weighted by atomic mass is 10.1. The molecule has 0 radical (unpaired) electrons.